The van der Waals surface area contributed by atoms with Gasteiger partial charge in [-0.3, -0.25) is 4.79 Å². The van der Waals surface area contributed by atoms with Crippen molar-refractivity contribution < 1.29 is 17.9 Å². The third kappa shape index (κ3) is 5.31. The third-order valence-electron chi connectivity index (χ3n) is 4.22. The Bertz CT molecular complexity index is 718. The molecule has 7 nitrogen and oxygen atoms in total. The van der Waals surface area contributed by atoms with Crippen LogP contribution in [0.2, 0.25) is 5.02 Å². The number of carbonyl (C=O) groups excluding carboxylic acids is 1. The summed E-state index contributed by atoms with van der Waals surface area (Å²) in [6.07, 6.45) is 1.71. The van der Waals surface area contributed by atoms with Crippen LogP contribution in [0.25, 0.3) is 0 Å². The van der Waals surface area contributed by atoms with Gasteiger partial charge in [-0.2, -0.15) is 4.72 Å². The Morgan fingerprint density at radius 2 is 2.00 bits per heavy atom. The molecule has 1 saturated heterocycles. The van der Waals surface area contributed by atoms with E-state index in [9.17, 15) is 13.2 Å². The highest BCUT2D eigenvalue weighted by Gasteiger charge is 2.25. The number of ether oxygens (including phenoxy) is 1. The largest absolute Gasteiger partial charge is 0.495 e. The van der Waals surface area contributed by atoms with Gasteiger partial charge in [0.2, 0.25) is 15.9 Å². The Hall–Kier alpha value is -1.35. The summed E-state index contributed by atoms with van der Waals surface area (Å²) in [7, 11) is -0.377. The Balaban J connectivity index is 1.99. The summed E-state index contributed by atoms with van der Waals surface area (Å²) in [5, 5.41) is 3.09. The van der Waals surface area contributed by atoms with E-state index < -0.39 is 16.1 Å². The van der Waals surface area contributed by atoms with Gasteiger partial charge < -0.3 is 15.0 Å². The fraction of sp³-hybridized carbons (Fsp3) is 0.562. The standard InChI is InChI=1S/C16H24ClN3O4S/c1-11(16(21)18-12-6-8-20(2)9-7-12)19-25(22,23)13-4-5-15(24-3)14(17)10-13/h4-5,10-12,19H,6-9H2,1-3H3,(H,18,21)/t11-/m1/s1. The van der Waals surface area contributed by atoms with Crippen molar-refractivity contribution in [1.29, 1.82) is 0 Å². The first-order valence-corrected chi connectivity index (χ1v) is 9.94. The first-order valence-electron chi connectivity index (χ1n) is 8.07. The lowest BCUT2D eigenvalue weighted by atomic mass is 10.1. The van der Waals surface area contributed by atoms with E-state index in [1.165, 1.54) is 32.2 Å². The summed E-state index contributed by atoms with van der Waals surface area (Å²) in [4.78, 5) is 14.5. The number of nitrogens with zero attached hydrogens (tertiary/aromatic N) is 1. The van der Waals surface area contributed by atoms with Crippen LogP contribution in [-0.2, 0) is 14.8 Å². The molecule has 1 heterocycles. The number of rotatable bonds is 6. The van der Waals surface area contributed by atoms with Crippen LogP contribution in [0.3, 0.4) is 0 Å². The molecule has 140 valence electrons. The summed E-state index contributed by atoms with van der Waals surface area (Å²) in [6, 6.07) is 3.34. The first-order chi connectivity index (χ1) is 11.7. The lowest BCUT2D eigenvalue weighted by molar-refractivity contribution is -0.123. The minimum absolute atomic E-state index is 0.0164. The van der Waals surface area contributed by atoms with Gasteiger partial charge in [-0.05, 0) is 58.1 Å². The number of hydrogen-bond donors (Lipinski definition) is 2. The van der Waals surface area contributed by atoms with Crippen LogP contribution in [0.15, 0.2) is 23.1 Å². The molecule has 0 bridgehead atoms. The second kappa shape index (κ2) is 8.35. The summed E-state index contributed by atoms with van der Waals surface area (Å²) < 4.78 is 32.3. The van der Waals surface area contributed by atoms with Crippen molar-refractivity contribution in [3.8, 4) is 5.75 Å². The van der Waals surface area contributed by atoms with Gasteiger partial charge in [0.1, 0.15) is 5.75 Å². The maximum absolute atomic E-state index is 12.4. The van der Waals surface area contributed by atoms with Crippen LogP contribution < -0.4 is 14.8 Å². The quantitative estimate of drug-likeness (QED) is 0.764. The normalized spacial score (nSPS) is 17.9. The molecule has 1 fully saturated rings. The van der Waals surface area contributed by atoms with Crippen molar-refractivity contribution in [1.82, 2.24) is 14.9 Å². The van der Waals surface area contributed by atoms with Crippen LogP contribution in [0, 0.1) is 0 Å². The van der Waals surface area contributed by atoms with Gasteiger partial charge in [-0.1, -0.05) is 11.6 Å². The number of likely N-dealkylation sites (tertiary alicyclic amines) is 1. The molecule has 0 aromatic heterocycles. The molecule has 1 amide bonds. The van der Waals surface area contributed by atoms with E-state index >= 15 is 0 Å². The van der Waals surface area contributed by atoms with Gasteiger partial charge in [0.25, 0.3) is 0 Å². The van der Waals surface area contributed by atoms with Gasteiger partial charge in [0.15, 0.2) is 0 Å². The summed E-state index contributed by atoms with van der Waals surface area (Å²) >= 11 is 5.97. The Kier molecular flexibility index (Phi) is 6.67. The lowest BCUT2D eigenvalue weighted by Crippen LogP contribution is -2.50. The van der Waals surface area contributed by atoms with Crippen molar-refractivity contribution in [2.45, 2.75) is 36.7 Å². The fourth-order valence-corrected chi connectivity index (χ4v) is 4.20. The number of methoxy groups -OCH3 is 1. The zero-order valence-corrected chi connectivity index (χ0v) is 16.2. The molecular weight excluding hydrogens is 366 g/mol. The third-order valence-corrected chi connectivity index (χ3v) is 6.06. The zero-order chi connectivity index (χ0) is 18.6. The number of amides is 1. The van der Waals surface area contributed by atoms with Crippen LogP contribution in [0.4, 0.5) is 0 Å². The molecule has 2 rings (SSSR count). The molecule has 1 aliphatic heterocycles. The molecule has 1 atom stereocenters. The van der Waals surface area contributed by atoms with Crippen molar-refractivity contribution in [2.24, 2.45) is 0 Å². The van der Waals surface area contributed by atoms with Gasteiger partial charge in [0, 0.05) is 6.04 Å². The maximum atomic E-state index is 12.4. The average molecular weight is 390 g/mol. The van der Waals surface area contributed by atoms with Gasteiger partial charge in [-0.15, -0.1) is 0 Å². The van der Waals surface area contributed by atoms with Crippen molar-refractivity contribution in [3.05, 3.63) is 23.2 Å². The van der Waals surface area contributed by atoms with Gasteiger partial charge in [0.05, 0.1) is 23.1 Å². The van der Waals surface area contributed by atoms with Crippen LogP contribution in [0.1, 0.15) is 19.8 Å². The predicted octanol–water partition coefficient (Wildman–Crippen LogP) is 1.23. The van der Waals surface area contributed by atoms with Crippen LogP contribution in [0.5, 0.6) is 5.75 Å². The molecular formula is C16H24ClN3O4S. The SMILES string of the molecule is COc1ccc(S(=O)(=O)N[C@H](C)C(=O)NC2CCN(C)CC2)cc1Cl. The van der Waals surface area contributed by atoms with Crippen LogP contribution in [-0.4, -0.2) is 58.6 Å². The van der Waals surface area contributed by atoms with Gasteiger partial charge >= 0.3 is 0 Å². The number of halogens is 1. The van der Waals surface area contributed by atoms with Crippen LogP contribution >= 0.6 is 11.6 Å². The highest BCUT2D eigenvalue weighted by Crippen LogP contribution is 2.26. The second-order valence-electron chi connectivity index (χ2n) is 6.23. The van der Waals surface area contributed by atoms with Crippen molar-refractivity contribution in [3.63, 3.8) is 0 Å². The number of sulfonamides is 1. The summed E-state index contributed by atoms with van der Waals surface area (Å²) in [6.45, 7) is 3.35. The summed E-state index contributed by atoms with van der Waals surface area (Å²) in [5.74, 6) is 0.0476. The Labute approximate surface area is 153 Å². The summed E-state index contributed by atoms with van der Waals surface area (Å²) in [5.41, 5.74) is 0. The molecule has 2 N–H and O–H groups in total. The first kappa shape index (κ1) is 20.0. The van der Waals surface area contributed by atoms with E-state index in [-0.39, 0.29) is 21.9 Å². The van der Waals surface area contributed by atoms with E-state index in [1.54, 1.807) is 0 Å². The van der Waals surface area contributed by atoms with Gasteiger partial charge in [-0.25, -0.2) is 8.42 Å². The highest BCUT2D eigenvalue weighted by molar-refractivity contribution is 7.89. The number of benzene rings is 1. The molecule has 1 aromatic rings. The minimum atomic E-state index is -3.86. The molecule has 25 heavy (non-hydrogen) atoms. The van der Waals surface area contributed by atoms with E-state index in [0.717, 1.165) is 25.9 Å². The molecule has 1 aliphatic rings. The smallest absolute Gasteiger partial charge is 0.241 e. The van der Waals surface area contributed by atoms with E-state index in [4.69, 9.17) is 16.3 Å². The molecule has 0 radical (unpaired) electrons. The topological polar surface area (TPSA) is 87.7 Å². The van der Waals surface area contributed by atoms with Crippen molar-refractivity contribution >= 4 is 27.5 Å². The number of piperidine rings is 1. The molecule has 1 aromatic carbocycles. The maximum Gasteiger partial charge on any atom is 0.241 e. The Morgan fingerprint density at radius 1 is 1.36 bits per heavy atom. The lowest BCUT2D eigenvalue weighted by Gasteiger charge is -2.30. The van der Waals surface area contributed by atoms with E-state index in [2.05, 4.69) is 14.9 Å². The molecule has 0 saturated carbocycles. The minimum Gasteiger partial charge on any atom is -0.495 e. The van der Waals surface area contributed by atoms with Crippen molar-refractivity contribution in [2.75, 3.05) is 27.2 Å². The molecule has 9 heteroatoms. The molecule has 0 spiro atoms. The van der Waals surface area contributed by atoms with E-state index in [0.29, 0.717) is 5.75 Å². The highest BCUT2D eigenvalue weighted by atomic mass is 35.5. The zero-order valence-electron chi connectivity index (χ0n) is 14.6. The number of hydrogen-bond acceptors (Lipinski definition) is 5. The monoisotopic (exact) mass is 389 g/mol. The Morgan fingerprint density at radius 3 is 2.56 bits per heavy atom. The fourth-order valence-electron chi connectivity index (χ4n) is 2.65. The second-order valence-corrected chi connectivity index (χ2v) is 8.35. The molecule has 0 aliphatic carbocycles. The van der Waals surface area contributed by atoms with E-state index in [1.807, 2.05) is 7.05 Å². The molecule has 0 unspecified atom stereocenters. The number of carbonyl (C=O) groups is 1. The predicted molar refractivity (Wildman–Crippen MR) is 96.4 cm³/mol. The number of nitrogens with one attached hydrogen (secondary N) is 2. The average Bonchev–Trinajstić information content (AvgIpc) is 2.56.